The van der Waals surface area contributed by atoms with Crippen LogP contribution in [0.25, 0.3) is 22.3 Å². The number of piperidine rings is 2. The van der Waals surface area contributed by atoms with Crippen molar-refractivity contribution in [3.8, 4) is 17.0 Å². The normalized spacial score (nSPS) is 24.7. The van der Waals surface area contributed by atoms with Gasteiger partial charge in [0.2, 0.25) is 11.8 Å². The lowest BCUT2D eigenvalue weighted by molar-refractivity contribution is -0.136. The summed E-state index contributed by atoms with van der Waals surface area (Å²) in [4.78, 5) is 67.6. The maximum absolute atomic E-state index is 15.5. The second kappa shape index (κ2) is 13.8. The molecule has 4 fully saturated rings. The van der Waals surface area contributed by atoms with E-state index in [1.165, 1.54) is 12.4 Å². The summed E-state index contributed by atoms with van der Waals surface area (Å²) in [5, 5.41) is 7.86. The zero-order chi connectivity index (χ0) is 39.9. The number of imide groups is 2. The number of benzene rings is 2. The summed E-state index contributed by atoms with van der Waals surface area (Å²) in [5.41, 5.74) is 9.00. The molecular formula is C42H43FN10O5. The summed E-state index contributed by atoms with van der Waals surface area (Å²) < 4.78 is 23.5. The summed E-state index contributed by atoms with van der Waals surface area (Å²) in [6, 6.07) is 10.2. The van der Waals surface area contributed by atoms with Crippen molar-refractivity contribution in [2.24, 2.45) is 0 Å². The van der Waals surface area contributed by atoms with Crippen LogP contribution >= 0.6 is 0 Å². The number of nitrogens with zero attached hydrogens (tertiary/aromatic N) is 8. The molecule has 10 rings (SSSR count). The van der Waals surface area contributed by atoms with E-state index in [2.05, 4.69) is 30.0 Å². The molecule has 0 saturated carbocycles. The van der Waals surface area contributed by atoms with Crippen molar-refractivity contribution in [2.45, 2.75) is 68.8 Å². The van der Waals surface area contributed by atoms with Gasteiger partial charge >= 0.3 is 0 Å². The number of carbonyl (C=O) groups is 4. The van der Waals surface area contributed by atoms with Gasteiger partial charge in [0.1, 0.15) is 29.5 Å². The number of halogens is 1. The topological polar surface area (TPSA) is 172 Å². The Morgan fingerprint density at radius 1 is 0.879 bits per heavy atom. The number of nitrogens with one attached hydrogen (secondary N) is 1. The van der Waals surface area contributed by atoms with Crippen LogP contribution in [0.5, 0.6) is 5.75 Å². The van der Waals surface area contributed by atoms with Crippen molar-refractivity contribution in [1.29, 1.82) is 0 Å². The zero-order valence-corrected chi connectivity index (χ0v) is 32.0. The van der Waals surface area contributed by atoms with E-state index in [0.717, 1.165) is 62.7 Å². The van der Waals surface area contributed by atoms with Crippen molar-refractivity contribution in [1.82, 2.24) is 39.8 Å². The van der Waals surface area contributed by atoms with E-state index in [1.54, 1.807) is 18.2 Å². The first kappa shape index (κ1) is 36.3. The van der Waals surface area contributed by atoms with Gasteiger partial charge in [-0.25, -0.2) is 19.0 Å². The molecule has 0 radical (unpaired) electrons. The maximum Gasteiger partial charge on any atom is 0.262 e. The molecule has 7 heterocycles. The number of likely N-dealkylation sites (tertiary alicyclic amines) is 2. The maximum atomic E-state index is 15.5. The zero-order valence-electron chi connectivity index (χ0n) is 32.0. The van der Waals surface area contributed by atoms with E-state index >= 15 is 4.39 Å². The predicted molar refractivity (Wildman–Crippen MR) is 211 cm³/mol. The van der Waals surface area contributed by atoms with Gasteiger partial charge in [-0.1, -0.05) is 18.2 Å². The van der Waals surface area contributed by atoms with Crippen LogP contribution in [0.2, 0.25) is 0 Å². The number of hydrogen-bond donors (Lipinski definition) is 2. The van der Waals surface area contributed by atoms with Crippen LogP contribution in [0.1, 0.15) is 65.8 Å². The molecule has 3 N–H and O–H groups in total. The van der Waals surface area contributed by atoms with E-state index in [1.807, 2.05) is 48.0 Å². The highest BCUT2D eigenvalue weighted by molar-refractivity contribution is 6.23. The lowest BCUT2D eigenvalue weighted by Crippen LogP contribution is -2.70. The number of ether oxygens (including phenoxy) is 1. The minimum Gasteiger partial charge on any atom is -0.480 e. The van der Waals surface area contributed by atoms with Crippen LogP contribution in [0.4, 0.5) is 15.9 Å². The van der Waals surface area contributed by atoms with Crippen LogP contribution in [0.3, 0.4) is 0 Å². The molecule has 2 atom stereocenters. The molecule has 2 aromatic carbocycles. The van der Waals surface area contributed by atoms with Gasteiger partial charge in [-0.15, -0.1) is 0 Å². The Balaban J connectivity index is 0.746. The molecule has 15 nitrogen and oxygen atoms in total. The van der Waals surface area contributed by atoms with Crippen molar-refractivity contribution in [3.63, 3.8) is 0 Å². The van der Waals surface area contributed by atoms with Gasteiger partial charge in [0, 0.05) is 75.4 Å². The Kier molecular flexibility index (Phi) is 8.67. The molecule has 0 bridgehead atoms. The Morgan fingerprint density at radius 2 is 1.66 bits per heavy atom. The molecule has 4 aromatic rings. The summed E-state index contributed by atoms with van der Waals surface area (Å²) >= 11 is 0. The molecule has 1 aliphatic carbocycles. The second-order valence-electron chi connectivity index (χ2n) is 16.4. The molecule has 16 heteroatoms. The number of fused-ring (bicyclic) bond motifs is 2. The Labute approximate surface area is 333 Å². The van der Waals surface area contributed by atoms with Gasteiger partial charge < -0.3 is 15.4 Å². The summed E-state index contributed by atoms with van der Waals surface area (Å²) in [5.74, 6) is -2.00. The van der Waals surface area contributed by atoms with Crippen LogP contribution in [-0.2, 0) is 9.59 Å². The monoisotopic (exact) mass is 786 g/mol. The lowest BCUT2D eigenvalue weighted by Gasteiger charge is -2.55. The van der Waals surface area contributed by atoms with Crippen molar-refractivity contribution >= 4 is 46.2 Å². The fourth-order valence-corrected chi connectivity index (χ4v) is 9.28. The average molecular weight is 787 g/mol. The summed E-state index contributed by atoms with van der Waals surface area (Å²) in [6.45, 7) is 7.37. The van der Waals surface area contributed by atoms with Gasteiger partial charge in [0.15, 0.2) is 17.2 Å². The van der Waals surface area contributed by atoms with E-state index in [9.17, 15) is 19.2 Å². The number of nitrogens with two attached hydrogens (primary N) is 1. The first-order valence-corrected chi connectivity index (χ1v) is 19.9. The first-order valence-electron chi connectivity index (χ1n) is 19.9. The minimum atomic E-state index is -0.979. The van der Waals surface area contributed by atoms with Gasteiger partial charge in [-0.3, -0.25) is 39.2 Å². The van der Waals surface area contributed by atoms with Crippen LogP contribution in [0.15, 0.2) is 67.0 Å². The molecule has 58 heavy (non-hydrogen) atoms. The SMILES string of the molecule is CC1(Oc2ccc(-c3nn(C4CCN(C5CN(C6CN(c7ccc8c(c7)C(=O)N(C7CCC(=O)NC7=O)C8=O)C6)C5)CC4)c4ncnc(N)c34)cc2F)C=CC=CC1. The quantitative estimate of drug-likeness (QED) is 0.250. The fraction of sp³-hybridized carbons (Fsp3) is 0.405. The molecule has 4 saturated heterocycles. The van der Waals surface area contributed by atoms with Crippen molar-refractivity contribution in [2.75, 3.05) is 49.9 Å². The number of rotatable bonds is 8. The van der Waals surface area contributed by atoms with E-state index < -0.39 is 41.1 Å². The standard InChI is InChI=1S/C42H43FN10O5/c1-42(13-3-2-4-14-42)58-33-9-5-24(17-31(33)43)36-35-37(44)45-23-46-38(35)53(48-36)25-11-15-49(16-12-25)27-19-51(20-27)28-21-50(22-28)26-6-7-29-30(18-26)41(57)52(40(29)56)32-8-10-34(54)47-39(32)55/h2-7,9,13,17-18,23,25,27-28,32H,8,10-12,14-16,19-22H2,1H3,(H2,44,45,46)(H,47,54,55). The number of aromatic nitrogens is 4. The Hall–Kier alpha value is -6.00. The number of allylic oxidation sites excluding steroid dienone is 2. The molecule has 2 aromatic heterocycles. The van der Waals surface area contributed by atoms with Crippen LogP contribution in [0, 0.1) is 5.82 Å². The highest BCUT2D eigenvalue weighted by Crippen LogP contribution is 2.38. The van der Waals surface area contributed by atoms with Gasteiger partial charge in [-0.05, 0) is 68.7 Å². The van der Waals surface area contributed by atoms with Crippen LogP contribution < -0.4 is 20.7 Å². The number of anilines is 2. The third-order valence-corrected chi connectivity index (χ3v) is 12.7. The fourth-order valence-electron chi connectivity index (χ4n) is 9.28. The molecule has 5 aliphatic heterocycles. The Morgan fingerprint density at radius 3 is 2.40 bits per heavy atom. The number of nitrogen functional groups attached to an aromatic ring is 1. The number of amides is 4. The second-order valence-corrected chi connectivity index (χ2v) is 16.4. The third kappa shape index (κ3) is 6.12. The smallest absolute Gasteiger partial charge is 0.262 e. The molecule has 298 valence electrons. The van der Waals surface area contributed by atoms with E-state index in [-0.39, 0.29) is 30.2 Å². The average Bonchev–Trinajstić information content (AvgIpc) is 3.68. The number of carbonyl (C=O) groups excluding carboxylic acids is 4. The summed E-state index contributed by atoms with van der Waals surface area (Å²) in [6.07, 6.45) is 11.9. The molecular weight excluding hydrogens is 744 g/mol. The largest absolute Gasteiger partial charge is 0.480 e. The molecule has 0 spiro atoms. The minimum absolute atomic E-state index is 0.0865. The highest BCUT2D eigenvalue weighted by atomic mass is 19.1. The lowest BCUT2D eigenvalue weighted by atomic mass is 9.95. The number of hydrogen-bond acceptors (Lipinski definition) is 12. The highest BCUT2D eigenvalue weighted by Gasteiger charge is 2.46. The predicted octanol–water partition coefficient (Wildman–Crippen LogP) is 3.48. The van der Waals surface area contributed by atoms with E-state index in [0.29, 0.717) is 52.2 Å². The first-order chi connectivity index (χ1) is 28.0. The Bertz CT molecular complexity index is 2450. The van der Waals surface area contributed by atoms with E-state index in [4.69, 9.17) is 15.6 Å². The van der Waals surface area contributed by atoms with Crippen molar-refractivity contribution in [3.05, 3.63) is 84.0 Å². The molecule has 2 unspecified atom stereocenters. The van der Waals surface area contributed by atoms with Gasteiger partial charge in [-0.2, -0.15) is 5.10 Å². The van der Waals surface area contributed by atoms with Gasteiger partial charge in [0.25, 0.3) is 11.8 Å². The third-order valence-electron chi connectivity index (χ3n) is 12.7. The van der Waals surface area contributed by atoms with Gasteiger partial charge in [0.05, 0.1) is 22.6 Å². The molecule has 4 amide bonds. The van der Waals surface area contributed by atoms with Crippen molar-refractivity contribution < 1.29 is 28.3 Å². The van der Waals surface area contributed by atoms with Crippen LogP contribution in [-0.4, -0.2) is 121 Å². The summed E-state index contributed by atoms with van der Waals surface area (Å²) in [7, 11) is 0. The molecule has 6 aliphatic rings.